The summed E-state index contributed by atoms with van der Waals surface area (Å²) in [6.07, 6.45) is 8.46. The monoisotopic (exact) mass is 416 g/mol. The van der Waals surface area contributed by atoms with E-state index in [9.17, 15) is 4.79 Å². The largest absolute Gasteiger partial charge is 0.366 e. The van der Waals surface area contributed by atoms with Crippen LogP contribution in [-0.2, 0) is 5.41 Å². The summed E-state index contributed by atoms with van der Waals surface area (Å²) in [5, 5.41) is 3.09. The SMILES string of the molecule is CC(C)(C)c1ccc(NC(=O)c2cccnc2)c(N2CCN(c3cnccn3)CC2)c1. The molecule has 2 aromatic heterocycles. The minimum atomic E-state index is -0.156. The average molecular weight is 417 g/mol. The predicted octanol–water partition coefficient (Wildman–Crippen LogP) is 3.75. The van der Waals surface area contributed by atoms with E-state index in [1.807, 2.05) is 6.07 Å². The Balaban J connectivity index is 1.58. The van der Waals surface area contributed by atoms with Gasteiger partial charge in [-0.05, 0) is 35.2 Å². The van der Waals surface area contributed by atoms with Crippen molar-refractivity contribution in [3.63, 3.8) is 0 Å². The third kappa shape index (κ3) is 4.82. The van der Waals surface area contributed by atoms with Crippen LogP contribution in [0, 0.1) is 0 Å². The minimum Gasteiger partial charge on any atom is -0.366 e. The van der Waals surface area contributed by atoms with E-state index in [4.69, 9.17) is 0 Å². The zero-order valence-electron chi connectivity index (χ0n) is 18.2. The summed E-state index contributed by atoms with van der Waals surface area (Å²) in [4.78, 5) is 30.0. The maximum Gasteiger partial charge on any atom is 0.257 e. The molecule has 1 saturated heterocycles. The topological polar surface area (TPSA) is 74.2 Å². The molecule has 4 rings (SSSR count). The quantitative estimate of drug-likeness (QED) is 0.698. The molecule has 1 N–H and O–H groups in total. The van der Waals surface area contributed by atoms with Gasteiger partial charge < -0.3 is 15.1 Å². The van der Waals surface area contributed by atoms with Crippen molar-refractivity contribution in [3.05, 3.63) is 72.4 Å². The van der Waals surface area contributed by atoms with Crippen molar-refractivity contribution in [1.82, 2.24) is 15.0 Å². The van der Waals surface area contributed by atoms with E-state index < -0.39 is 0 Å². The smallest absolute Gasteiger partial charge is 0.257 e. The molecule has 0 radical (unpaired) electrons. The Hall–Kier alpha value is -3.48. The molecule has 0 aliphatic carbocycles. The number of benzene rings is 1. The zero-order valence-corrected chi connectivity index (χ0v) is 18.2. The Labute approximate surface area is 183 Å². The number of hydrogen-bond acceptors (Lipinski definition) is 6. The van der Waals surface area contributed by atoms with E-state index in [2.05, 4.69) is 63.0 Å². The van der Waals surface area contributed by atoms with E-state index in [0.29, 0.717) is 5.56 Å². The lowest BCUT2D eigenvalue weighted by Crippen LogP contribution is -2.47. The van der Waals surface area contributed by atoms with Crippen molar-refractivity contribution in [2.24, 2.45) is 0 Å². The normalized spacial score (nSPS) is 14.4. The van der Waals surface area contributed by atoms with Crippen LogP contribution in [0.25, 0.3) is 0 Å². The van der Waals surface area contributed by atoms with Crippen LogP contribution in [0.15, 0.2) is 61.3 Å². The standard InChI is InChI=1S/C24H28N6O/c1-24(2,3)19-6-7-20(28-23(31)18-5-4-8-25-16-18)21(15-19)29-11-13-30(14-12-29)22-17-26-9-10-27-22/h4-10,15-17H,11-14H2,1-3H3,(H,28,31). The number of nitrogens with one attached hydrogen (secondary N) is 1. The summed E-state index contributed by atoms with van der Waals surface area (Å²) in [6.45, 7) is 9.95. The molecule has 1 amide bonds. The second-order valence-electron chi connectivity index (χ2n) is 8.72. The Bertz CT molecular complexity index is 1020. The molecule has 1 fully saturated rings. The number of aromatic nitrogens is 3. The minimum absolute atomic E-state index is 0.0160. The number of carbonyl (C=O) groups excluding carboxylic acids is 1. The number of amides is 1. The summed E-state index contributed by atoms with van der Waals surface area (Å²) >= 11 is 0. The molecule has 1 aliphatic heterocycles. The van der Waals surface area contributed by atoms with E-state index in [1.165, 1.54) is 5.56 Å². The third-order valence-corrected chi connectivity index (χ3v) is 5.53. The van der Waals surface area contributed by atoms with Gasteiger partial charge in [-0.3, -0.25) is 14.8 Å². The molecule has 0 atom stereocenters. The molecular formula is C24H28N6O. The lowest BCUT2D eigenvalue weighted by Gasteiger charge is -2.38. The van der Waals surface area contributed by atoms with Gasteiger partial charge in [-0.1, -0.05) is 26.8 Å². The predicted molar refractivity (Wildman–Crippen MR) is 124 cm³/mol. The van der Waals surface area contributed by atoms with Gasteiger partial charge >= 0.3 is 0 Å². The second kappa shape index (κ2) is 8.71. The molecule has 0 saturated carbocycles. The summed E-state index contributed by atoms with van der Waals surface area (Å²) in [5.74, 6) is 0.742. The Kier molecular flexibility index (Phi) is 5.84. The van der Waals surface area contributed by atoms with Crippen molar-refractivity contribution >= 4 is 23.1 Å². The van der Waals surface area contributed by atoms with Gasteiger partial charge in [-0.15, -0.1) is 0 Å². The van der Waals surface area contributed by atoms with Crippen LogP contribution < -0.4 is 15.1 Å². The van der Waals surface area contributed by atoms with Gasteiger partial charge in [0.15, 0.2) is 0 Å². The Morgan fingerprint density at radius 3 is 2.32 bits per heavy atom. The molecular weight excluding hydrogens is 388 g/mol. The molecule has 0 bridgehead atoms. The second-order valence-corrected chi connectivity index (χ2v) is 8.72. The summed E-state index contributed by atoms with van der Waals surface area (Å²) in [5.41, 5.74) is 3.65. The average Bonchev–Trinajstić information content (AvgIpc) is 2.80. The first-order valence-corrected chi connectivity index (χ1v) is 10.5. The van der Waals surface area contributed by atoms with Crippen molar-refractivity contribution in [1.29, 1.82) is 0 Å². The summed E-state index contributed by atoms with van der Waals surface area (Å²) < 4.78 is 0. The van der Waals surface area contributed by atoms with E-state index in [-0.39, 0.29) is 11.3 Å². The summed E-state index contributed by atoms with van der Waals surface area (Å²) in [6, 6.07) is 9.85. The molecule has 160 valence electrons. The lowest BCUT2D eigenvalue weighted by molar-refractivity contribution is 0.102. The highest BCUT2D eigenvalue weighted by molar-refractivity contribution is 6.05. The number of piperazine rings is 1. The first kappa shape index (κ1) is 20.8. The van der Waals surface area contributed by atoms with Crippen molar-refractivity contribution < 1.29 is 4.79 Å². The number of rotatable bonds is 4. The first-order valence-electron chi connectivity index (χ1n) is 10.5. The van der Waals surface area contributed by atoms with Crippen LogP contribution >= 0.6 is 0 Å². The van der Waals surface area contributed by atoms with Crippen LogP contribution in [-0.4, -0.2) is 47.0 Å². The van der Waals surface area contributed by atoms with Gasteiger partial charge in [0.2, 0.25) is 0 Å². The number of anilines is 3. The van der Waals surface area contributed by atoms with Gasteiger partial charge in [0.05, 0.1) is 23.1 Å². The molecule has 3 aromatic rings. The molecule has 0 unspecified atom stereocenters. The van der Waals surface area contributed by atoms with Crippen molar-refractivity contribution in [2.75, 3.05) is 41.3 Å². The number of pyridine rings is 1. The van der Waals surface area contributed by atoms with Crippen LogP contribution in [0.1, 0.15) is 36.7 Å². The lowest BCUT2D eigenvalue weighted by atomic mass is 9.86. The number of carbonyl (C=O) groups is 1. The number of hydrogen-bond donors (Lipinski definition) is 1. The highest BCUT2D eigenvalue weighted by atomic mass is 16.1. The van der Waals surface area contributed by atoms with E-state index >= 15 is 0 Å². The molecule has 7 heteroatoms. The van der Waals surface area contributed by atoms with E-state index in [0.717, 1.165) is 43.4 Å². The van der Waals surface area contributed by atoms with Gasteiger partial charge in [-0.2, -0.15) is 0 Å². The molecule has 31 heavy (non-hydrogen) atoms. The van der Waals surface area contributed by atoms with Gasteiger partial charge in [0, 0.05) is 51.0 Å². The Morgan fingerprint density at radius 1 is 0.935 bits per heavy atom. The first-order chi connectivity index (χ1) is 14.9. The van der Waals surface area contributed by atoms with Gasteiger partial charge in [0.25, 0.3) is 5.91 Å². The summed E-state index contributed by atoms with van der Waals surface area (Å²) in [7, 11) is 0. The van der Waals surface area contributed by atoms with Crippen molar-refractivity contribution in [2.45, 2.75) is 26.2 Å². The van der Waals surface area contributed by atoms with E-state index in [1.54, 1.807) is 43.1 Å². The highest BCUT2D eigenvalue weighted by Crippen LogP contribution is 2.33. The van der Waals surface area contributed by atoms with Crippen molar-refractivity contribution in [3.8, 4) is 0 Å². The molecule has 3 heterocycles. The van der Waals surface area contributed by atoms with Gasteiger partial charge in [-0.25, -0.2) is 4.98 Å². The molecule has 7 nitrogen and oxygen atoms in total. The van der Waals surface area contributed by atoms with Crippen LogP contribution in [0.5, 0.6) is 0 Å². The van der Waals surface area contributed by atoms with Crippen LogP contribution in [0.4, 0.5) is 17.2 Å². The maximum atomic E-state index is 12.8. The fourth-order valence-corrected chi connectivity index (χ4v) is 3.69. The van der Waals surface area contributed by atoms with Crippen LogP contribution in [0.2, 0.25) is 0 Å². The fourth-order valence-electron chi connectivity index (χ4n) is 3.69. The molecule has 1 aliphatic rings. The molecule has 0 spiro atoms. The zero-order chi connectivity index (χ0) is 21.8. The number of nitrogens with zero attached hydrogens (tertiary/aromatic N) is 5. The van der Waals surface area contributed by atoms with Crippen LogP contribution in [0.3, 0.4) is 0 Å². The Morgan fingerprint density at radius 2 is 1.68 bits per heavy atom. The fraction of sp³-hybridized carbons (Fsp3) is 0.333. The third-order valence-electron chi connectivity index (χ3n) is 5.53. The van der Waals surface area contributed by atoms with Gasteiger partial charge in [0.1, 0.15) is 5.82 Å². The molecule has 1 aromatic carbocycles. The highest BCUT2D eigenvalue weighted by Gasteiger charge is 2.23. The maximum absolute atomic E-state index is 12.8.